The van der Waals surface area contributed by atoms with Gasteiger partial charge >= 0.3 is 0 Å². The summed E-state index contributed by atoms with van der Waals surface area (Å²) in [7, 11) is 0. The van der Waals surface area contributed by atoms with Crippen molar-refractivity contribution >= 4 is 45.0 Å². The predicted molar refractivity (Wildman–Crippen MR) is 177 cm³/mol. The molecule has 1 saturated heterocycles. The highest BCUT2D eigenvalue weighted by Crippen LogP contribution is 2.28. The maximum atomic E-state index is 13.8. The number of nitrogens with one attached hydrogen (secondary N) is 2. The van der Waals surface area contributed by atoms with Crippen LogP contribution < -0.4 is 10.6 Å². The van der Waals surface area contributed by atoms with Crippen LogP contribution in [0.2, 0.25) is 0 Å². The number of carbonyl (C=O) groups excluding carboxylic acids is 3. The molecule has 8 nitrogen and oxygen atoms in total. The minimum absolute atomic E-state index is 0.0674. The van der Waals surface area contributed by atoms with E-state index in [4.69, 9.17) is 0 Å². The van der Waals surface area contributed by atoms with Crippen molar-refractivity contribution in [3.63, 3.8) is 0 Å². The number of likely N-dealkylation sites (tertiary alicyclic amines) is 1. The fraction of sp³-hybridized carbons (Fsp3) is 0.636. The summed E-state index contributed by atoms with van der Waals surface area (Å²) in [5.74, 6) is -0.785. The number of unbranched alkanes of at least 4 members (excludes halogenated alkanes) is 7. The Bertz CT molecular complexity index is 1180. The van der Waals surface area contributed by atoms with Gasteiger partial charge in [0.15, 0.2) is 0 Å². The van der Waals surface area contributed by atoms with Crippen LogP contribution in [-0.4, -0.2) is 62.8 Å². The molecule has 0 radical (unpaired) electrons. The number of alkyl halides is 1. The van der Waals surface area contributed by atoms with E-state index >= 15 is 0 Å². The number of amides is 3. The lowest BCUT2D eigenvalue weighted by molar-refractivity contribution is -0.144. The van der Waals surface area contributed by atoms with Crippen LogP contribution >= 0.6 is 27.3 Å². The Labute approximate surface area is 269 Å². The first-order valence-corrected chi connectivity index (χ1v) is 17.6. The van der Waals surface area contributed by atoms with Gasteiger partial charge < -0.3 is 20.6 Å². The zero-order chi connectivity index (χ0) is 31.4. The maximum absolute atomic E-state index is 13.8. The Morgan fingerprint density at radius 3 is 2.26 bits per heavy atom. The molecule has 238 valence electrons. The number of aliphatic hydroxyl groups excluding tert-OH is 1. The molecule has 2 unspecified atom stereocenters. The van der Waals surface area contributed by atoms with Gasteiger partial charge in [-0.2, -0.15) is 0 Å². The standard InChI is InChI=1S/C33H49BrN4O4S/c1-23-29(43-22-36-23)25-16-14-24(15-17-25)20-35-31(41)27-19-26(39)21-38(27)32(42)30(33(2,3)4)37-28(40)13-11-9-7-5-6-8-10-12-18-34/h14-17,22,26-27,30,39H,5-13,18-21H2,1-4H3,(H,35,41)(H,37,40)/t26-,27?,30?/m1/s1. The molecule has 1 fully saturated rings. The number of benzene rings is 1. The molecule has 10 heteroatoms. The Balaban J connectivity index is 1.52. The molecule has 1 aliphatic heterocycles. The molecule has 0 spiro atoms. The Kier molecular flexibility index (Phi) is 14.1. The van der Waals surface area contributed by atoms with E-state index in [0.717, 1.165) is 46.3 Å². The summed E-state index contributed by atoms with van der Waals surface area (Å²) in [5.41, 5.74) is 4.27. The number of halogens is 1. The van der Waals surface area contributed by atoms with Crippen LogP contribution in [0.25, 0.3) is 10.4 Å². The van der Waals surface area contributed by atoms with Crippen LogP contribution in [0.5, 0.6) is 0 Å². The Hall–Kier alpha value is -2.30. The Morgan fingerprint density at radius 1 is 1.05 bits per heavy atom. The summed E-state index contributed by atoms with van der Waals surface area (Å²) < 4.78 is 0. The molecule has 3 rings (SSSR count). The molecule has 3 amide bonds. The van der Waals surface area contributed by atoms with E-state index in [1.54, 1.807) is 11.3 Å². The van der Waals surface area contributed by atoms with E-state index in [2.05, 4.69) is 31.5 Å². The number of aromatic nitrogens is 1. The number of hydrogen-bond donors (Lipinski definition) is 3. The third-order valence-electron chi connectivity index (χ3n) is 8.00. The highest BCUT2D eigenvalue weighted by atomic mass is 79.9. The molecule has 43 heavy (non-hydrogen) atoms. The van der Waals surface area contributed by atoms with E-state index in [-0.39, 0.29) is 30.7 Å². The van der Waals surface area contributed by atoms with E-state index in [1.165, 1.54) is 37.0 Å². The fourth-order valence-corrected chi connectivity index (χ4v) is 6.66. The molecule has 0 aliphatic carbocycles. The summed E-state index contributed by atoms with van der Waals surface area (Å²) in [6.45, 7) is 8.08. The first kappa shape index (κ1) is 35.2. The second-order valence-electron chi connectivity index (χ2n) is 12.7. The van der Waals surface area contributed by atoms with Gasteiger partial charge in [0, 0.05) is 31.3 Å². The molecule has 1 aromatic carbocycles. The second-order valence-corrected chi connectivity index (χ2v) is 14.4. The number of hydrogen-bond acceptors (Lipinski definition) is 6. The van der Waals surface area contributed by atoms with Gasteiger partial charge in [0.2, 0.25) is 17.7 Å². The lowest BCUT2D eigenvalue weighted by atomic mass is 9.85. The molecular formula is C33H49BrN4O4S. The average molecular weight is 678 g/mol. The summed E-state index contributed by atoms with van der Waals surface area (Å²) in [4.78, 5) is 46.8. The summed E-state index contributed by atoms with van der Waals surface area (Å²) in [5, 5.41) is 17.4. The smallest absolute Gasteiger partial charge is 0.246 e. The van der Waals surface area contributed by atoms with Crippen molar-refractivity contribution in [2.75, 3.05) is 11.9 Å². The third kappa shape index (κ3) is 11.0. The summed E-state index contributed by atoms with van der Waals surface area (Å²) >= 11 is 5.06. The van der Waals surface area contributed by atoms with Gasteiger partial charge in [-0.3, -0.25) is 14.4 Å². The largest absolute Gasteiger partial charge is 0.391 e. The number of aliphatic hydroxyl groups is 1. The van der Waals surface area contributed by atoms with Gasteiger partial charge in [0.25, 0.3) is 0 Å². The number of rotatable bonds is 16. The molecule has 0 saturated carbocycles. The lowest BCUT2D eigenvalue weighted by Crippen LogP contribution is -2.57. The van der Waals surface area contributed by atoms with Crippen LogP contribution in [0.4, 0.5) is 0 Å². The molecule has 2 heterocycles. The van der Waals surface area contributed by atoms with Gasteiger partial charge in [-0.05, 0) is 36.3 Å². The van der Waals surface area contributed by atoms with Gasteiger partial charge in [0.1, 0.15) is 12.1 Å². The summed E-state index contributed by atoms with van der Waals surface area (Å²) in [6, 6.07) is 6.38. The minimum Gasteiger partial charge on any atom is -0.391 e. The van der Waals surface area contributed by atoms with Crippen molar-refractivity contribution in [3.05, 3.63) is 41.0 Å². The number of aryl methyl sites for hydroxylation is 1. The number of β-amino-alcohol motifs (C(OH)–C–C–N with tert-alkyl or cyclic N) is 1. The Morgan fingerprint density at radius 2 is 1.67 bits per heavy atom. The van der Waals surface area contributed by atoms with Crippen molar-refractivity contribution in [3.8, 4) is 10.4 Å². The van der Waals surface area contributed by atoms with Crippen molar-refractivity contribution in [1.29, 1.82) is 0 Å². The predicted octanol–water partition coefficient (Wildman–Crippen LogP) is 6.13. The minimum atomic E-state index is -0.794. The van der Waals surface area contributed by atoms with Gasteiger partial charge in [0.05, 0.1) is 22.2 Å². The van der Waals surface area contributed by atoms with Crippen molar-refractivity contribution in [2.24, 2.45) is 5.41 Å². The molecule has 0 bridgehead atoms. The second kappa shape index (κ2) is 17.3. The van der Waals surface area contributed by atoms with Crippen LogP contribution in [-0.2, 0) is 20.9 Å². The monoisotopic (exact) mass is 676 g/mol. The van der Waals surface area contributed by atoms with E-state index in [1.807, 2.05) is 57.5 Å². The number of thiazole rings is 1. The quantitative estimate of drug-likeness (QED) is 0.146. The number of carbonyl (C=O) groups is 3. The van der Waals surface area contributed by atoms with Crippen LogP contribution in [0.15, 0.2) is 29.8 Å². The SMILES string of the molecule is Cc1ncsc1-c1ccc(CNC(=O)C2C[C@@H](O)CN2C(=O)C(NC(=O)CCCCCCCCCCBr)C(C)(C)C)cc1. The maximum Gasteiger partial charge on any atom is 0.246 e. The van der Waals surface area contributed by atoms with Crippen molar-refractivity contribution in [2.45, 2.75) is 117 Å². The average Bonchev–Trinajstić information content (AvgIpc) is 3.58. The van der Waals surface area contributed by atoms with E-state index in [9.17, 15) is 19.5 Å². The molecule has 3 atom stereocenters. The lowest BCUT2D eigenvalue weighted by Gasteiger charge is -2.35. The van der Waals surface area contributed by atoms with Gasteiger partial charge in [-0.1, -0.05) is 99.5 Å². The highest BCUT2D eigenvalue weighted by molar-refractivity contribution is 9.09. The topological polar surface area (TPSA) is 112 Å². The van der Waals surface area contributed by atoms with E-state index in [0.29, 0.717) is 13.0 Å². The van der Waals surface area contributed by atoms with Crippen molar-refractivity contribution < 1.29 is 19.5 Å². The number of nitrogens with zero attached hydrogens (tertiary/aromatic N) is 2. The highest BCUT2D eigenvalue weighted by Gasteiger charge is 2.44. The third-order valence-corrected chi connectivity index (χ3v) is 9.54. The first-order chi connectivity index (χ1) is 20.5. The molecule has 3 N–H and O–H groups in total. The van der Waals surface area contributed by atoms with Crippen LogP contribution in [0, 0.1) is 12.3 Å². The molecule has 1 aliphatic rings. The normalized spacial score (nSPS) is 17.6. The van der Waals surface area contributed by atoms with Crippen LogP contribution in [0.1, 0.15) is 96.2 Å². The first-order valence-electron chi connectivity index (χ1n) is 15.6. The molecule has 2 aromatic rings. The van der Waals surface area contributed by atoms with Crippen molar-refractivity contribution in [1.82, 2.24) is 20.5 Å². The molecular weight excluding hydrogens is 628 g/mol. The summed E-state index contributed by atoms with van der Waals surface area (Å²) in [6.07, 6.45) is 8.80. The van der Waals surface area contributed by atoms with Gasteiger partial charge in [-0.15, -0.1) is 11.3 Å². The van der Waals surface area contributed by atoms with Gasteiger partial charge in [-0.25, -0.2) is 4.98 Å². The molecule has 1 aromatic heterocycles. The zero-order valence-electron chi connectivity index (χ0n) is 26.2. The zero-order valence-corrected chi connectivity index (χ0v) is 28.6. The fourth-order valence-electron chi connectivity index (χ4n) is 5.45. The van der Waals surface area contributed by atoms with Crippen LogP contribution in [0.3, 0.4) is 0 Å². The van der Waals surface area contributed by atoms with E-state index < -0.39 is 23.6 Å².